The number of para-hydroxylation sites is 1. The summed E-state index contributed by atoms with van der Waals surface area (Å²) in [6.07, 6.45) is 0. The molecule has 0 atom stereocenters. The van der Waals surface area contributed by atoms with Crippen LogP contribution in [-0.4, -0.2) is 31.3 Å². The fourth-order valence-electron chi connectivity index (χ4n) is 2.49. The van der Waals surface area contributed by atoms with Crippen molar-refractivity contribution in [1.82, 2.24) is 14.8 Å². The number of carbonyl (C=O) groups is 1. The Morgan fingerprint density at radius 3 is 2.63 bits per heavy atom. The minimum absolute atomic E-state index is 0.0667. The Hall–Kier alpha value is -3.20. The molecule has 0 spiro atoms. The Kier molecular flexibility index (Phi) is 5.51. The van der Waals surface area contributed by atoms with Crippen molar-refractivity contribution in [2.45, 2.75) is 19.0 Å². The molecule has 8 nitrogen and oxygen atoms in total. The van der Waals surface area contributed by atoms with Gasteiger partial charge in [-0.1, -0.05) is 36.0 Å². The lowest BCUT2D eigenvalue weighted by Gasteiger charge is -2.09. The maximum Gasteiger partial charge on any atom is 0.271 e. The summed E-state index contributed by atoms with van der Waals surface area (Å²) in [4.78, 5) is 22.7. The van der Waals surface area contributed by atoms with Crippen LogP contribution in [0.25, 0.3) is 5.69 Å². The van der Waals surface area contributed by atoms with Crippen molar-refractivity contribution in [3.05, 3.63) is 70.0 Å². The smallest absolute Gasteiger partial charge is 0.271 e. The molecule has 0 aliphatic rings. The molecule has 0 aliphatic carbocycles. The zero-order chi connectivity index (χ0) is 19.4. The van der Waals surface area contributed by atoms with Gasteiger partial charge in [0.1, 0.15) is 5.82 Å². The van der Waals surface area contributed by atoms with E-state index in [4.69, 9.17) is 0 Å². The Morgan fingerprint density at radius 2 is 1.93 bits per heavy atom. The fourth-order valence-corrected chi connectivity index (χ4v) is 3.28. The highest BCUT2D eigenvalue weighted by molar-refractivity contribution is 7.99. The summed E-state index contributed by atoms with van der Waals surface area (Å²) in [5.74, 6) is 0.551. The first-order valence-electron chi connectivity index (χ1n) is 8.11. The van der Waals surface area contributed by atoms with E-state index in [1.807, 2.05) is 41.8 Å². The molecule has 1 aromatic heterocycles. The molecule has 27 heavy (non-hydrogen) atoms. The summed E-state index contributed by atoms with van der Waals surface area (Å²) < 4.78 is 1.87. The van der Waals surface area contributed by atoms with E-state index in [-0.39, 0.29) is 17.3 Å². The van der Waals surface area contributed by atoms with Crippen molar-refractivity contribution in [3.63, 3.8) is 0 Å². The van der Waals surface area contributed by atoms with Gasteiger partial charge in [0.25, 0.3) is 5.69 Å². The van der Waals surface area contributed by atoms with E-state index in [0.717, 1.165) is 17.1 Å². The number of hydrogen-bond donors (Lipinski definition) is 1. The fraction of sp³-hybridized carbons (Fsp3) is 0.167. The number of aryl methyl sites for hydroxylation is 2. The molecule has 2 aromatic carbocycles. The molecular weight excluding hydrogens is 366 g/mol. The number of amides is 1. The van der Waals surface area contributed by atoms with Crippen LogP contribution in [0.4, 0.5) is 11.4 Å². The zero-order valence-corrected chi connectivity index (χ0v) is 15.6. The Labute approximate surface area is 159 Å². The lowest BCUT2D eigenvalue weighted by Crippen LogP contribution is -2.15. The number of nitrogens with zero attached hydrogens (tertiary/aromatic N) is 4. The van der Waals surface area contributed by atoms with Crippen molar-refractivity contribution in [2.24, 2.45) is 0 Å². The normalized spacial score (nSPS) is 10.6. The number of aromatic nitrogens is 3. The van der Waals surface area contributed by atoms with Gasteiger partial charge in [-0.2, -0.15) is 0 Å². The summed E-state index contributed by atoms with van der Waals surface area (Å²) in [6, 6.07) is 14.0. The van der Waals surface area contributed by atoms with Crippen LogP contribution in [0.5, 0.6) is 0 Å². The third-order valence-electron chi connectivity index (χ3n) is 3.85. The average molecular weight is 383 g/mol. The van der Waals surface area contributed by atoms with Gasteiger partial charge in [0, 0.05) is 17.8 Å². The molecule has 0 saturated carbocycles. The second-order valence-corrected chi connectivity index (χ2v) is 6.74. The van der Waals surface area contributed by atoms with Crippen molar-refractivity contribution in [1.29, 1.82) is 0 Å². The topological polar surface area (TPSA) is 103 Å². The molecule has 0 saturated heterocycles. The van der Waals surface area contributed by atoms with Crippen LogP contribution in [0.1, 0.15) is 11.4 Å². The van der Waals surface area contributed by atoms with E-state index in [2.05, 4.69) is 15.5 Å². The lowest BCUT2D eigenvalue weighted by atomic mass is 10.2. The monoisotopic (exact) mass is 383 g/mol. The number of nitro groups is 1. The number of non-ortho nitro benzene ring substituents is 1. The SMILES string of the molecule is Cc1ccc([N+](=O)[O-])cc1NC(=O)CSc1nnc(C)n1-c1ccccc1. The molecule has 138 valence electrons. The van der Waals surface area contributed by atoms with Gasteiger partial charge in [0.2, 0.25) is 5.91 Å². The van der Waals surface area contributed by atoms with Crippen molar-refractivity contribution < 1.29 is 9.72 Å². The van der Waals surface area contributed by atoms with E-state index in [0.29, 0.717) is 10.8 Å². The summed E-state index contributed by atoms with van der Waals surface area (Å²) in [6.45, 7) is 3.62. The van der Waals surface area contributed by atoms with E-state index in [9.17, 15) is 14.9 Å². The average Bonchev–Trinajstić information content (AvgIpc) is 3.03. The summed E-state index contributed by atoms with van der Waals surface area (Å²) in [7, 11) is 0. The standard InChI is InChI=1S/C18H17N5O3S/c1-12-8-9-15(23(25)26)10-16(12)19-17(24)11-27-18-21-20-13(2)22(18)14-6-4-3-5-7-14/h3-10H,11H2,1-2H3,(H,19,24). The van der Waals surface area contributed by atoms with Gasteiger partial charge in [0.15, 0.2) is 5.16 Å². The number of carbonyl (C=O) groups excluding carboxylic acids is 1. The van der Waals surface area contributed by atoms with Crippen LogP contribution in [0.15, 0.2) is 53.7 Å². The summed E-state index contributed by atoms with van der Waals surface area (Å²) in [5.41, 5.74) is 2.03. The molecule has 3 aromatic rings. The molecule has 1 amide bonds. The zero-order valence-electron chi connectivity index (χ0n) is 14.7. The second kappa shape index (κ2) is 8.00. The van der Waals surface area contributed by atoms with Gasteiger partial charge in [-0.05, 0) is 31.5 Å². The van der Waals surface area contributed by atoms with Gasteiger partial charge < -0.3 is 5.32 Å². The molecule has 0 fully saturated rings. The van der Waals surface area contributed by atoms with Gasteiger partial charge >= 0.3 is 0 Å². The van der Waals surface area contributed by atoms with Crippen molar-refractivity contribution in [3.8, 4) is 5.69 Å². The Balaban J connectivity index is 1.71. The molecule has 0 bridgehead atoms. The molecule has 9 heteroatoms. The second-order valence-electron chi connectivity index (χ2n) is 5.79. The van der Waals surface area contributed by atoms with Crippen LogP contribution in [0.2, 0.25) is 0 Å². The van der Waals surface area contributed by atoms with Crippen LogP contribution in [0, 0.1) is 24.0 Å². The minimum Gasteiger partial charge on any atom is -0.325 e. The molecular formula is C18H17N5O3S. The van der Waals surface area contributed by atoms with Crippen molar-refractivity contribution >= 4 is 29.0 Å². The number of hydrogen-bond acceptors (Lipinski definition) is 6. The third kappa shape index (κ3) is 4.32. The molecule has 1 N–H and O–H groups in total. The number of benzene rings is 2. The molecule has 0 aliphatic heterocycles. The summed E-state index contributed by atoms with van der Waals surface area (Å²) >= 11 is 1.25. The van der Waals surface area contributed by atoms with E-state index in [1.54, 1.807) is 13.0 Å². The Morgan fingerprint density at radius 1 is 1.19 bits per heavy atom. The molecule has 3 rings (SSSR count). The van der Waals surface area contributed by atoms with Crippen molar-refractivity contribution in [2.75, 3.05) is 11.1 Å². The predicted molar refractivity (Wildman–Crippen MR) is 103 cm³/mol. The highest BCUT2D eigenvalue weighted by Gasteiger charge is 2.15. The highest BCUT2D eigenvalue weighted by Crippen LogP contribution is 2.24. The molecule has 1 heterocycles. The van der Waals surface area contributed by atoms with Gasteiger partial charge in [-0.25, -0.2) is 0 Å². The number of nitrogens with one attached hydrogen (secondary N) is 1. The summed E-state index contributed by atoms with van der Waals surface area (Å²) in [5, 5.41) is 22.4. The first kappa shape index (κ1) is 18.6. The number of thioether (sulfide) groups is 1. The number of nitro benzene ring substituents is 1. The Bertz CT molecular complexity index is 988. The molecule has 0 radical (unpaired) electrons. The van der Waals surface area contributed by atoms with E-state index >= 15 is 0 Å². The first-order valence-corrected chi connectivity index (χ1v) is 9.09. The molecule has 0 unspecified atom stereocenters. The van der Waals surface area contributed by atoms with Crippen LogP contribution >= 0.6 is 11.8 Å². The largest absolute Gasteiger partial charge is 0.325 e. The van der Waals surface area contributed by atoms with Gasteiger partial charge in [-0.3, -0.25) is 19.5 Å². The van der Waals surface area contributed by atoms with Crippen LogP contribution < -0.4 is 5.32 Å². The quantitative estimate of drug-likeness (QED) is 0.397. The van der Waals surface area contributed by atoms with E-state index in [1.165, 1.54) is 23.9 Å². The lowest BCUT2D eigenvalue weighted by molar-refractivity contribution is -0.384. The maximum absolute atomic E-state index is 12.3. The highest BCUT2D eigenvalue weighted by atomic mass is 32.2. The predicted octanol–water partition coefficient (Wildman–Crippen LogP) is 3.52. The number of anilines is 1. The first-order chi connectivity index (χ1) is 13.0. The minimum atomic E-state index is -0.491. The van der Waals surface area contributed by atoms with Crippen LogP contribution in [-0.2, 0) is 4.79 Å². The third-order valence-corrected chi connectivity index (χ3v) is 4.78. The number of rotatable bonds is 6. The van der Waals surface area contributed by atoms with Crippen LogP contribution in [0.3, 0.4) is 0 Å². The van der Waals surface area contributed by atoms with E-state index < -0.39 is 4.92 Å². The van der Waals surface area contributed by atoms with Gasteiger partial charge in [-0.15, -0.1) is 10.2 Å². The maximum atomic E-state index is 12.3. The van der Waals surface area contributed by atoms with Gasteiger partial charge in [0.05, 0.1) is 16.4 Å².